The number of rotatable bonds is 5. The fraction of sp³-hybridized carbons (Fsp3) is 0.273. The number of hydrogen-bond acceptors (Lipinski definition) is 5. The molecule has 0 unspecified atom stereocenters. The van der Waals surface area contributed by atoms with E-state index in [1.54, 1.807) is 0 Å². The number of aryl methyl sites for hydroxylation is 1. The van der Waals surface area contributed by atoms with E-state index in [2.05, 4.69) is 56.5 Å². The first kappa shape index (κ1) is 17.3. The van der Waals surface area contributed by atoms with Crippen LogP contribution in [-0.4, -0.2) is 30.1 Å². The van der Waals surface area contributed by atoms with Gasteiger partial charge in [-0.05, 0) is 56.2 Å². The Morgan fingerprint density at radius 2 is 1.63 bits per heavy atom. The third kappa shape index (κ3) is 4.03. The quantitative estimate of drug-likeness (QED) is 0.702. The minimum atomic E-state index is 0.613. The summed E-state index contributed by atoms with van der Waals surface area (Å²) in [7, 11) is 2.02. The maximum Gasteiger partial charge on any atom is 0.229 e. The van der Waals surface area contributed by atoms with Crippen LogP contribution < -0.4 is 15.1 Å². The molecule has 2 aromatic carbocycles. The number of aromatic nitrogens is 2. The molecular weight excluding hydrogens is 334 g/mol. The van der Waals surface area contributed by atoms with E-state index < -0.39 is 0 Å². The Labute approximate surface area is 160 Å². The van der Waals surface area contributed by atoms with Crippen molar-refractivity contribution in [2.45, 2.75) is 19.8 Å². The molecule has 5 nitrogen and oxygen atoms in total. The zero-order chi connectivity index (χ0) is 18.6. The number of benzene rings is 2. The van der Waals surface area contributed by atoms with E-state index in [4.69, 9.17) is 4.98 Å². The van der Waals surface area contributed by atoms with Crippen LogP contribution in [0.2, 0.25) is 0 Å². The molecule has 0 radical (unpaired) electrons. The second-order valence-corrected chi connectivity index (χ2v) is 6.95. The molecule has 2 heterocycles. The van der Waals surface area contributed by atoms with E-state index >= 15 is 0 Å². The molecule has 5 heteroatoms. The molecule has 1 aliphatic rings. The second-order valence-electron chi connectivity index (χ2n) is 6.95. The van der Waals surface area contributed by atoms with Crippen LogP contribution in [0.4, 0.5) is 28.8 Å². The summed E-state index contributed by atoms with van der Waals surface area (Å²) < 4.78 is 0. The maximum absolute atomic E-state index is 4.70. The molecule has 1 fully saturated rings. The summed E-state index contributed by atoms with van der Waals surface area (Å²) in [5.41, 5.74) is 4.31. The summed E-state index contributed by atoms with van der Waals surface area (Å²) in [6, 6.07) is 20.7. The standard InChI is InChI=1S/C22H25N5/c1-17-16-21(26(2)19-8-4-3-5-9-19)25-22(23-17)24-18-10-12-20(13-11-18)27-14-6-7-15-27/h3-5,8-13,16H,6-7,14-15H2,1-2H3,(H,23,24,25). The lowest BCUT2D eigenvalue weighted by atomic mass is 10.2. The van der Waals surface area contributed by atoms with Gasteiger partial charge in [-0.2, -0.15) is 4.98 Å². The number of hydrogen-bond donors (Lipinski definition) is 1. The van der Waals surface area contributed by atoms with E-state index in [9.17, 15) is 0 Å². The van der Waals surface area contributed by atoms with Crippen molar-refractivity contribution in [1.82, 2.24) is 9.97 Å². The molecular formula is C22H25N5. The van der Waals surface area contributed by atoms with Crippen molar-refractivity contribution in [2.75, 3.05) is 35.3 Å². The Morgan fingerprint density at radius 1 is 0.926 bits per heavy atom. The Bertz CT molecular complexity index is 886. The Morgan fingerprint density at radius 3 is 2.33 bits per heavy atom. The molecule has 1 aromatic heterocycles. The molecule has 0 saturated carbocycles. The molecule has 1 N–H and O–H groups in total. The van der Waals surface area contributed by atoms with Crippen LogP contribution in [0, 0.1) is 6.92 Å². The van der Waals surface area contributed by atoms with Crippen LogP contribution in [0.1, 0.15) is 18.5 Å². The van der Waals surface area contributed by atoms with Gasteiger partial charge in [-0.3, -0.25) is 0 Å². The first-order chi connectivity index (χ1) is 13.2. The van der Waals surface area contributed by atoms with Crippen LogP contribution in [-0.2, 0) is 0 Å². The zero-order valence-electron chi connectivity index (χ0n) is 15.9. The van der Waals surface area contributed by atoms with Gasteiger partial charge < -0.3 is 15.1 Å². The first-order valence-electron chi connectivity index (χ1n) is 9.45. The molecule has 138 valence electrons. The van der Waals surface area contributed by atoms with Crippen molar-refractivity contribution < 1.29 is 0 Å². The minimum absolute atomic E-state index is 0.613. The zero-order valence-corrected chi connectivity index (χ0v) is 15.9. The molecule has 1 saturated heterocycles. The van der Waals surface area contributed by atoms with Crippen molar-refractivity contribution >= 4 is 28.8 Å². The molecule has 0 atom stereocenters. The Hall–Kier alpha value is -3.08. The topological polar surface area (TPSA) is 44.3 Å². The second kappa shape index (κ2) is 7.66. The van der Waals surface area contributed by atoms with E-state index in [1.165, 1.54) is 18.5 Å². The van der Waals surface area contributed by atoms with Crippen molar-refractivity contribution in [3.05, 3.63) is 66.4 Å². The number of nitrogens with zero attached hydrogens (tertiary/aromatic N) is 4. The van der Waals surface area contributed by atoms with Gasteiger partial charge >= 0.3 is 0 Å². The number of nitrogens with one attached hydrogen (secondary N) is 1. The molecule has 4 rings (SSSR count). The largest absolute Gasteiger partial charge is 0.372 e. The van der Waals surface area contributed by atoms with Gasteiger partial charge in [0, 0.05) is 49.0 Å². The predicted molar refractivity (Wildman–Crippen MR) is 112 cm³/mol. The molecule has 0 spiro atoms. The highest BCUT2D eigenvalue weighted by Crippen LogP contribution is 2.26. The SMILES string of the molecule is Cc1cc(N(C)c2ccccc2)nc(Nc2ccc(N3CCCC3)cc2)n1. The molecule has 0 amide bonds. The van der Waals surface area contributed by atoms with Crippen LogP contribution in [0.3, 0.4) is 0 Å². The summed E-state index contributed by atoms with van der Waals surface area (Å²) in [6.45, 7) is 4.30. The van der Waals surface area contributed by atoms with Gasteiger partial charge in [0.15, 0.2) is 0 Å². The van der Waals surface area contributed by atoms with Gasteiger partial charge in [-0.15, -0.1) is 0 Å². The van der Waals surface area contributed by atoms with Gasteiger partial charge in [0.2, 0.25) is 5.95 Å². The highest BCUT2D eigenvalue weighted by Gasteiger charge is 2.12. The van der Waals surface area contributed by atoms with Gasteiger partial charge in [0.05, 0.1) is 0 Å². The molecule has 27 heavy (non-hydrogen) atoms. The number of anilines is 5. The summed E-state index contributed by atoms with van der Waals surface area (Å²) in [5.74, 6) is 1.48. The van der Waals surface area contributed by atoms with Crippen LogP contribution in [0.15, 0.2) is 60.7 Å². The fourth-order valence-electron chi connectivity index (χ4n) is 3.42. The normalized spacial score (nSPS) is 13.6. The lowest BCUT2D eigenvalue weighted by Crippen LogP contribution is -2.17. The molecule has 3 aromatic rings. The first-order valence-corrected chi connectivity index (χ1v) is 9.45. The lowest BCUT2D eigenvalue weighted by molar-refractivity contribution is 0.949. The van der Waals surface area contributed by atoms with Crippen molar-refractivity contribution in [3.63, 3.8) is 0 Å². The average molecular weight is 359 g/mol. The Balaban J connectivity index is 1.53. The van der Waals surface area contributed by atoms with Crippen molar-refractivity contribution in [2.24, 2.45) is 0 Å². The van der Waals surface area contributed by atoms with Gasteiger partial charge in [-0.25, -0.2) is 4.98 Å². The minimum Gasteiger partial charge on any atom is -0.372 e. The Kier molecular flexibility index (Phi) is 4.92. The monoisotopic (exact) mass is 359 g/mol. The van der Waals surface area contributed by atoms with Crippen LogP contribution in [0.25, 0.3) is 0 Å². The van der Waals surface area contributed by atoms with E-state index in [1.807, 2.05) is 38.2 Å². The van der Waals surface area contributed by atoms with Gasteiger partial charge in [0.25, 0.3) is 0 Å². The summed E-state index contributed by atoms with van der Waals surface area (Å²) in [6.07, 6.45) is 2.57. The number of para-hydroxylation sites is 1. The van der Waals surface area contributed by atoms with Crippen LogP contribution >= 0.6 is 0 Å². The smallest absolute Gasteiger partial charge is 0.229 e. The van der Waals surface area contributed by atoms with Gasteiger partial charge in [-0.1, -0.05) is 18.2 Å². The predicted octanol–water partition coefficient (Wildman–Crippen LogP) is 4.90. The third-order valence-corrected chi connectivity index (χ3v) is 4.92. The summed E-state index contributed by atoms with van der Waals surface area (Å²) >= 11 is 0. The van der Waals surface area contributed by atoms with E-state index in [0.717, 1.165) is 36.0 Å². The highest BCUT2D eigenvalue weighted by atomic mass is 15.2. The van der Waals surface area contributed by atoms with Crippen LogP contribution in [0.5, 0.6) is 0 Å². The molecule has 0 bridgehead atoms. The fourth-order valence-corrected chi connectivity index (χ4v) is 3.42. The molecule has 0 aliphatic carbocycles. The van der Waals surface area contributed by atoms with Gasteiger partial charge in [0.1, 0.15) is 5.82 Å². The lowest BCUT2D eigenvalue weighted by Gasteiger charge is -2.20. The van der Waals surface area contributed by atoms with Crippen molar-refractivity contribution in [1.29, 1.82) is 0 Å². The summed E-state index contributed by atoms with van der Waals surface area (Å²) in [4.78, 5) is 13.7. The van der Waals surface area contributed by atoms with E-state index in [0.29, 0.717) is 5.95 Å². The third-order valence-electron chi connectivity index (χ3n) is 4.92. The maximum atomic E-state index is 4.70. The van der Waals surface area contributed by atoms with E-state index in [-0.39, 0.29) is 0 Å². The highest BCUT2D eigenvalue weighted by molar-refractivity contribution is 5.63. The average Bonchev–Trinajstić information content (AvgIpc) is 3.23. The molecule has 1 aliphatic heterocycles. The van der Waals surface area contributed by atoms with Crippen molar-refractivity contribution in [3.8, 4) is 0 Å². The summed E-state index contributed by atoms with van der Waals surface area (Å²) in [5, 5.41) is 3.34.